The van der Waals surface area contributed by atoms with Crippen molar-refractivity contribution in [1.82, 2.24) is 19.7 Å². The highest BCUT2D eigenvalue weighted by atomic mass is 35.5. The highest BCUT2D eigenvalue weighted by Gasteiger charge is 2.15. The lowest BCUT2D eigenvalue weighted by Crippen LogP contribution is -2.21. The van der Waals surface area contributed by atoms with Gasteiger partial charge >= 0.3 is 0 Å². The molecular formula is C23H17ClN4O4S. The summed E-state index contributed by atoms with van der Waals surface area (Å²) in [5.41, 5.74) is 1.54. The minimum Gasteiger partial charge on any atom is -0.497 e. The minimum atomic E-state index is -0.180. The average molecular weight is 481 g/mol. The van der Waals surface area contributed by atoms with Gasteiger partial charge in [0, 0.05) is 16.0 Å². The number of benzene rings is 2. The Labute approximate surface area is 197 Å². The second kappa shape index (κ2) is 9.05. The van der Waals surface area contributed by atoms with Gasteiger partial charge in [-0.1, -0.05) is 28.9 Å². The number of ether oxygens (including phenoxy) is 2. The molecule has 8 nitrogen and oxygen atoms in total. The van der Waals surface area contributed by atoms with Crippen LogP contribution in [0, 0.1) is 0 Å². The summed E-state index contributed by atoms with van der Waals surface area (Å²) in [5, 5.41) is 7.04. The van der Waals surface area contributed by atoms with Crippen LogP contribution in [0.2, 0.25) is 5.02 Å². The van der Waals surface area contributed by atoms with Gasteiger partial charge in [-0.15, -0.1) is 11.3 Å². The Kier molecular flexibility index (Phi) is 5.80. The number of thiophene rings is 1. The number of methoxy groups -OCH3 is 1. The maximum absolute atomic E-state index is 13.2. The topological polar surface area (TPSA) is 92.3 Å². The van der Waals surface area contributed by atoms with E-state index >= 15 is 0 Å². The predicted molar refractivity (Wildman–Crippen MR) is 125 cm³/mol. The van der Waals surface area contributed by atoms with E-state index in [-0.39, 0.29) is 24.6 Å². The van der Waals surface area contributed by atoms with Gasteiger partial charge < -0.3 is 14.0 Å². The Morgan fingerprint density at radius 1 is 1.09 bits per heavy atom. The van der Waals surface area contributed by atoms with Crippen molar-refractivity contribution in [3.8, 4) is 22.6 Å². The van der Waals surface area contributed by atoms with E-state index in [1.165, 1.54) is 22.2 Å². The van der Waals surface area contributed by atoms with Crippen molar-refractivity contribution in [3.05, 3.63) is 87.3 Å². The monoisotopic (exact) mass is 480 g/mol. The fraction of sp³-hybridized carbons (Fsp3) is 0.130. The van der Waals surface area contributed by atoms with Gasteiger partial charge in [0.05, 0.1) is 18.8 Å². The fourth-order valence-electron chi connectivity index (χ4n) is 3.30. The van der Waals surface area contributed by atoms with Gasteiger partial charge in [0.2, 0.25) is 11.7 Å². The van der Waals surface area contributed by atoms with Crippen molar-refractivity contribution in [1.29, 1.82) is 0 Å². The van der Waals surface area contributed by atoms with Crippen LogP contribution >= 0.6 is 22.9 Å². The Morgan fingerprint density at radius 3 is 2.61 bits per heavy atom. The number of nitrogens with zero attached hydrogens (tertiary/aromatic N) is 4. The van der Waals surface area contributed by atoms with Crippen molar-refractivity contribution < 1.29 is 14.0 Å². The van der Waals surface area contributed by atoms with Crippen molar-refractivity contribution in [3.63, 3.8) is 0 Å². The second-order valence-corrected chi connectivity index (χ2v) is 8.38. The molecule has 0 N–H and O–H groups in total. The quantitative estimate of drug-likeness (QED) is 0.330. The lowest BCUT2D eigenvalue weighted by atomic mass is 10.1. The van der Waals surface area contributed by atoms with Crippen LogP contribution in [-0.2, 0) is 13.2 Å². The molecule has 10 heteroatoms. The molecule has 3 aromatic heterocycles. The molecule has 0 unspecified atom stereocenters. The minimum absolute atomic E-state index is 0.104. The first kappa shape index (κ1) is 21.2. The molecule has 0 saturated heterocycles. The molecule has 0 atom stereocenters. The summed E-state index contributed by atoms with van der Waals surface area (Å²) in [6.45, 7) is 0.237. The Bertz CT molecular complexity index is 1460. The van der Waals surface area contributed by atoms with E-state index in [2.05, 4.69) is 15.1 Å². The normalized spacial score (nSPS) is 11.1. The lowest BCUT2D eigenvalue weighted by molar-refractivity contribution is 0.284. The Hall–Kier alpha value is -3.69. The molecule has 0 spiro atoms. The van der Waals surface area contributed by atoms with E-state index in [0.29, 0.717) is 26.8 Å². The summed E-state index contributed by atoms with van der Waals surface area (Å²) in [6.07, 6.45) is 1.49. The molecule has 0 aliphatic rings. The molecule has 0 bridgehead atoms. The molecule has 3 heterocycles. The zero-order valence-electron chi connectivity index (χ0n) is 17.4. The number of fused-ring (bicyclic) bond motifs is 1. The van der Waals surface area contributed by atoms with E-state index in [1.54, 1.807) is 43.5 Å². The molecule has 5 rings (SSSR count). The highest BCUT2D eigenvalue weighted by molar-refractivity contribution is 7.17. The number of halogens is 1. The number of hydrogen-bond acceptors (Lipinski definition) is 8. The molecule has 0 radical (unpaired) electrons. The maximum atomic E-state index is 13.2. The van der Waals surface area contributed by atoms with Crippen molar-refractivity contribution in [2.45, 2.75) is 13.2 Å². The molecule has 0 fully saturated rings. The van der Waals surface area contributed by atoms with Gasteiger partial charge in [-0.25, -0.2) is 4.98 Å². The second-order valence-electron chi connectivity index (χ2n) is 7.08. The summed E-state index contributed by atoms with van der Waals surface area (Å²) in [5.74, 6) is 2.06. The van der Waals surface area contributed by atoms with Gasteiger partial charge in [-0.3, -0.25) is 9.36 Å². The molecular weight excluding hydrogens is 464 g/mol. The number of hydrogen-bond donors (Lipinski definition) is 0. The van der Waals surface area contributed by atoms with Crippen molar-refractivity contribution in [2.75, 3.05) is 7.11 Å². The SMILES string of the molecule is COc1ccc(OCc2noc(Cn3cnc4scc(-c5ccc(Cl)cc5)c4c3=O)n2)cc1. The molecule has 0 amide bonds. The summed E-state index contributed by atoms with van der Waals surface area (Å²) in [6, 6.07) is 14.5. The van der Waals surface area contributed by atoms with Gasteiger partial charge in [-0.2, -0.15) is 4.98 Å². The van der Waals surface area contributed by atoms with E-state index in [4.69, 9.17) is 25.6 Å². The summed E-state index contributed by atoms with van der Waals surface area (Å²) in [7, 11) is 1.60. The first-order valence-electron chi connectivity index (χ1n) is 9.91. The summed E-state index contributed by atoms with van der Waals surface area (Å²) in [4.78, 5) is 22.6. The van der Waals surface area contributed by atoms with Crippen LogP contribution in [0.3, 0.4) is 0 Å². The third kappa shape index (κ3) is 4.46. The van der Waals surface area contributed by atoms with Gasteiger partial charge in [0.1, 0.15) is 22.9 Å². The molecule has 0 aliphatic heterocycles. The maximum Gasteiger partial charge on any atom is 0.263 e. The largest absolute Gasteiger partial charge is 0.497 e. The van der Waals surface area contributed by atoms with Crippen molar-refractivity contribution in [2.24, 2.45) is 0 Å². The first-order valence-corrected chi connectivity index (χ1v) is 11.2. The van der Waals surface area contributed by atoms with Gasteiger partial charge in [0.15, 0.2) is 6.61 Å². The summed E-state index contributed by atoms with van der Waals surface area (Å²) >= 11 is 7.42. The van der Waals surface area contributed by atoms with Crippen LogP contribution in [0.5, 0.6) is 11.5 Å². The standard InChI is InChI=1S/C23H17ClN4O4S/c1-30-16-6-8-17(9-7-16)31-11-19-26-20(32-27-19)10-28-13-25-22-21(23(28)29)18(12-33-22)14-2-4-15(24)5-3-14/h2-9,12-13H,10-11H2,1H3. The number of aromatic nitrogens is 4. The zero-order chi connectivity index (χ0) is 22.8. The molecule has 2 aromatic carbocycles. The van der Waals surface area contributed by atoms with Crippen LogP contribution in [0.25, 0.3) is 21.3 Å². The molecule has 0 saturated carbocycles. The highest BCUT2D eigenvalue weighted by Crippen LogP contribution is 2.31. The van der Waals surface area contributed by atoms with E-state index in [9.17, 15) is 4.79 Å². The van der Waals surface area contributed by atoms with Crippen LogP contribution in [-0.4, -0.2) is 26.8 Å². The average Bonchev–Trinajstić information content (AvgIpc) is 3.48. The van der Waals surface area contributed by atoms with Crippen LogP contribution < -0.4 is 15.0 Å². The molecule has 33 heavy (non-hydrogen) atoms. The van der Waals surface area contributed by atoms with Gasteiger partial charge in [-0.05, 0) is 42.0 Å². The molecule has 166 valence electrons. The number of rotatable bonds is 7. The van der Waals surface area contributed by atoms with Crippen LogP contribution in [0.15, 0.2) is 69.6 Å². The first-order chi connectivity index (χ1) is 16.1. The van der Waals surface area contributed by atoms with Crippen LogP contribution in [0.1, 0.15) is 11.7 Å². The Morgan fingerprint density at radius 2 is 1.85 bits per heavy atom. The molecule has 5 aromatic rings. The smallest absolute Gasteiger partial charge is 0.263 e. The van der Waals surface area contributed by atoms with Crippen LogP contribution in [0.4, 0.5) is 0 Å². The third-order valence-electron chi connectivity index (χ3n) is 4.96. The molecule has 0 aliphatic carbocycles. The lowest BCUT2D eigenvalue weighted by Gasteiger charge is -2.04. The predicted octanol–water partition coefficient (Wildman–Crippen LogP) is 4.80. The fourth-order valence-corrected chi connectivity index (χ4v) is 4.33. The zero-order valence-corrected chi connectivity index (χ0v) is 19.0. The van der Waals surface area contributed by atoms with E-state index < -0.39 is 0 Å². The van der Waals surface area contributed by atoms with Crippen molar-refractivity contribution >= 4 is 33.2 Å². The van der Waals surface area contributed by atoms with E-state index in [0.717, 1.165) is 16.9 Å². The summed E-state index contributed by atoms with van der Waals surface area (Å²) < 4.78 is 17.6. The Balaban J connectivity index is 1.34. The van der Waals surface area contributed by atoms with E-state index in [1.807, 2.05) is 17.5 Å². The van der Waals surface area contributed by atoms with Gasteiger partial charge in [0.25, 0.3) is 5.56 Å². The third-order valence-corrected chi connectivity index (χ3v) is 6.10.